The van der Waals surface area contributed by atoms with Crippen molar-refractivity contribution in [1.82, 2.24) is 4.90 Å². The number of nitrogens with zero attached hydrogens (tertiary/aromatic N) is 1. The van der Waals surface area contributed by atoms with Gasteiger partial charge in [0, 0.05) is 16.6 Å². The van der Waals surface area contributed by atoms with Crippen molar-refractivity contribution in [1.29, 1.82) is 0 Å². The van der Waals surface area contributed by atoms with Crippen LogP contribution < -0.4 is 4.74 Å². The van der Waals surface area contributed by atoms with Gasteiger partial charge in [-0.15, -0.1) is 6.58 Å². The van der Waals surface area contributed by atoms with Gasteiger partial charge in [-0.25, -0.2) is 4.79 Å². The Morgan fingerprint density at radius 3 is 2.93 bits per heavy atom. The minimum atomic E-state index is -0.598. The minimum Gasteiger partial charge on any atom is -0.465 e. The number of amides is 1. The lowest BCUT2D eigenvalue weighted by atomic mass is 9.75. The fourth-order valence-corrected chi connectivity index (χ4v) is 4.37. The third-order valence-corrected chi connectivity index (χ3v) is 5.98. The van der Waals surface area contributed by atoms with E-state index < -0.39 is 5.54 Å². The molecule has 1 fully saturated rings. The standard InChI is InChI=1S/C23H22BrNO3/c1-2-17-10-12-25(22(26)28-16-18-6-4-3-5-7-18)23(15-17)11-13-27-21-14-19(24)8-9-20(21)23/h2-9,11,13-14,17H,1,10,12,15-16H2/t17?,23-/m0/s1. The number of rotatable bonds is 3. The molecule has 1 spiro atoms. The maximum absolute atomic E-state index is 13.1. The van der Waals surface area contributed by atoms with Crippen molar-refractivity contribution in [3.05, 3.63) is 89.1 Å². The number of halogens is 1. The fraction of sp³-hybridized carbons (Fsp3) is 0.261. The molecule has 2 atom stereocenters. The average Bonchev–Trinajstić information content (AvgIpc) is 2.72. The van der Waals surface area contributed by atoms with Gasteiger partial charge < -0.3 is 9.47 Å². The molecule has 0 saturated carbocycles. The zero-order valence-electron chi connectivity index (χ0n) is 15.5. The Kier molecular flexibility index (Phi) is 5.27. The second-order valence-corrected chi connectivity index (χ2v) is 8.08. The van der Waals surface area contributed by atoms with Crippen molar-refractivity contribution < 1.29 is 14.3 Å². The largest absolute Gasteiger partial charge is 0.465 e. The van der Waals surface area contributed by atoms with Crippen LogP contribution in [0.5, 0.6) is 5.75 Å². The normalized spacial score (nSPS) is 23.0. The lowest BCUT2D eigenvalue weighted by molar-refractivity contribution is 0.0300. The molecule has 1 amide bonds. The highest BCUT2D eigenvalue weighted by Crippen LogP contribution is 2.48. The van der Waals surface area contributed by atoms with E-state index >= 15 is 0 Å². The van der Waals surface area contributed by atoms with E-state index in [-0.39, 0.29) is 12.7 Å². The van der Waals surface area contributed by atoms with E-state index in [0.29, 0.717) is 12.5 Å². The van der Waals surface area contributed by atoms with E-state index in [1.54, 1.807) is 6.26 Å². The van der Waals surface area contributed by atoms with Gasteiger partial charge in [0.05, 0.1) is 11.8 Å². The minimum absolute atomic E-state index is 0.255. The van der Waals surface area contributed by atoms with Crippen molar-refractivity contribution >= 4 is 22.0 Å². The number of likely N-dealkylation sites (tertiary alicyclic amines) is 1. The van der Waals surface area contributed by atoms with Gasteiger partial charge in [0.15, 0.2) is 0 Å². The third kappa shape index (κ3) is 3.47. The summed E-state index contributed by atoms with van der Waals surface area (Å²) in [5, 5.41) is 0. The highest BCUT2D eigenvalue weighted by molar-refractivity contribution is 9.10. The Hall–Kier alpha value is -2.53. The summed E-state index contributed by atoms with van der Waals surface area (Å²) in [6, 6.07) is 15.7. The van der Waals surface area contributed by atoms with Gasteiger partial charge in [0.2, 0.25) is 0 Å². The van der Waals surface area contributed by atoms with Crippen LogP contribution in [0.15, 0.2) is 78.0 Å². The molecule has 0 bridgehead atoms. The van der Waals surface area contributed by atoms with Crippen LogP contribution in [0.3, 0.4) is 0 Å². The first-order valence-electron chi connectivity index (χ1n) is 9.38. The number of hydrogen-bond acceptors (Lipinski definition) is 3. The fourth-order valence-electron chi connectivity index (χ4n) is 4.03. The summed E-state index contributed by atoms with van der Waals surface area (Å²) in [5.74, 6) is 1.07. The van der Waals surface area contributed by atoms with Crippen LogP contribution in [-0.2, 0) is 16.9 Å². The topological polar surface area (TPSA) is 38.8 Å². The molecular weight excluding hydrogens is 418 g/mol. The molecule has 1 saturated heterocycles. The molecule has 5 heteroatoms. The number of benzene rings is 2. The van der Waals surface area contributed by atoms with Crippen LogP contribution in [0.2, 0.25) is 0 Å². The Morgan fingerprint density at radius 1 is 1.32 bits per heavy atom. The Balaban J connectivity index is 1.66. The molecule has 28 heavy (non-hydrogen) atoms. The van der Waals surface area contributed by atoms with Crippen LogP contribution >= 0.6 is 15.9 Å². The number of hydrogen-bond donors (Lipinski definition) is 0. The molecule has 1 unspecified atom stereocenters. The molecule has 0 N–H and O–H groups in total. The maximum Gasteiger partial charge on any atom is 0.411 e. The summed E-state index contributed by atoms with van der Waals surface area (Å²) >= 11 is 3.50. The molecule has 2 heterocycles. The highest BCUT2D eigenvalue weighted by atomic mass is 79.9. The zero-order valence-corrected chi connectivity index (χ0v) is 17.1. The summed E-state index contributed by atoms with van der Waals surface area (Å²) in [6.07, 6.45) is 6.95. The predicted molar refractivity (Wildman–Crippen MR) is 112 cm³/mol. The second kappa shape index (κ2) is 7.84. The van der Waals surface area contributed by atoms with Gasteiger partial charge >= 0.3 is 6.09 Å². The monoisotopic (exact) mass is 439 g/mol. The quantitative estimate of drug-likeness (QED) is 0.568. The second-order valence-electron chi connectivity index (χ2n) is 7.17. The Bertz CT molecular complexity index is 911. The lowest BCUT2D eigenvalue weighted by Crippen LogP contribution is -2.54. The smallest absolute Gasteiger partial charge is 0.411 e. The average molecular weight is 440 g/mol. The SMILES string of the molecule is C=CC1CCN(C(=O)OCc2ccccc2)[C@@]2(C=COc3cc(Br)ccc32)C1. The number of fused-ring (bicyclic) bond motifs is 2. The van der Waals surface area contributed by atoms with Gasteiger partial charge in [0.25, 0.3) is 0 Å². The Labute approximate surface area is 173 Å². The van der Waals surface area contributed by atoms with E-state index in [9.17, 15) is 4.79 Å². The molecule has 0 aliphatic carbocycles. The van der Waals surface area contributed by atoms with Gasteiger partial charge in [-0.3, -0.25) is 4.90 Å². The van der Waals surface area contributed by atoms with E-state index in [1.165, 1.54) is 0 Å². The van der Waals surface area contributed by atoms with Crippen molar-refractivity contribution in [3.8, 4) is 5.75 Å². The molecule has 4 nitrogen and oxygen atoms in total. The first kappa shape index (κ1) is 18.8. The van der Waals surface area contributed by atoms with Crippen LogP contribution in [-0.4, -0.2) is 17.5 Å². The molecule has 144 valence electrons. The molecule has 2 aromatic carbocycles. The van der Waals surface area contributed by atoms with Gasteiger partial charge in [-0.05, 0) is 42.5 Å². The number of ether oxygens (including phenoxy) is 2. The molecule has 2 aliphatic rings. The number of carbonyl (C=O) groups is 1. The summed E-state index contributed by atoms with van der Waals surface area (Å²) in [6.45, 7) is 4.84. The van der Waals surface area contributed by atoms with E-state index in [0.717, 1.165) is 34.2 Å². The van der Waals surface area contributed by atoms with Crippen molar-refractivity contribution in [3.63, 3.8) is 0 Å². The van der Waals surface area contributed by atoms with E-state index in [2.05, 4.69) is 22.5 Å². The van der Waals surface area contributed by atoms with Gasteiger partial charge in [-0.1, -0.05) is 58.4 Å². The number of carbonyl (C=O) groups excluding carboxylic acids is 1. The summed E-state index contributed by atoms with van der Waals surface area (Å²) < 4.78 is 12.4. The number of allylic oxidation sites excluding steroid dienone is 1. The van der Waals surface area contributed by atoms with Gasteiger partial charge in [0.1, 0.15) is 12.4 Å². The summed E-state index contributed by atoms with van der Waals surface area (Å²) in [4.78, 5) is 14.9. The highest BCUT2D eigenvalue weighted by Gasteiger charge is 2.47. The molecule has 0 radical (unpaired) electrons. The maximum atomic E-state index is 13.1. The van der Waals surface area contributed by atoms with Crippen LogP contribution in [0.1, 0.15) is 24.0 Å². The van der Waals surface area contributed by atoms with E-state index in [1.807, 2.05) is 65.6 Å². The molecule has 4 rings (SSSR count). The first-order chi connectivity index (χ1) is 13.6. The van der Waals surface area contributed by atoms with Crippen LogP contribution in [0, 0.1) is 5.92 Å². The third-order valence-electron chi connectivity index (χ3n) is 5.49. The van der Waals surface area contributed by atoms with Crippen molar-refractivity contribution in [2.24, 2.45) is 5.92 Å². The molecular formula is C23H22BrNO3. The molecule has 2 aromatic rings. The Morgan fingerprint density at radius 2 is 2.14 bits per heavy atom. The molecule has 2 aliphatic heterocycles. The van der Waals surface area contributed by atoms with E-state index in [4.69, 9.17) is 9.47 Å². The summed E-state index contributed by atoms with van der Waals surface area (Å²) in [5.41, 5.74) is 1.35. The number of piperidine rings is 1. The van der Waals surface area contributed by atoms with Crippen molar-refractivity contribution in [2.45, 2.75) is 25.0 Å². The van der Waals surface area contributed by atoms with Crippen molar-refractivity contribution in [2.75, 3.05) is 6.54 Å². The predicted octanol–water partition coefficient (Wildman–Crippen LogP) is 5.79. The molecule has 0 aromatic heterocycles. The zero-order chi connectivity index (χ0) is 19.6. The first-order valence-corrected chi connectivity index (χ1v) is 10.2. The van der Waals surface area contributed by atoms with Crippen LogP contribution in [0.25, 0.3) is 0 Å². The van der Waals surface area contributed by atoms with Gasteiger partial charge in [-0.2, -0.15) is 0 Å². The van der Waals surface area contributed by atoms with Crippen LogP contribution in [0.4, 0.5) is 4.79 Å². The summed E-state index contributed by atoms with van der Waals surface area (Å²) in [7, 11) is 0. The lowest BCUT2D eigenvalue weighted by Gasteiger charge is -2.48.